The number of benzene rings is 1. The van der Waals surface area contributed by atoms with E-state index in [1.54, 1.807) is 4.90 Å². The van der Waals surface area contributed by atoms with E-state index >= 15 is 0 Å². The average Bonchev–Trinajstić information content (AvgIpc) is 2.62. The van der Waals surface area contributed by atoms with Crippen LogP contribution in [-0.4, -0.2) is 75.3 Å². The second kappa shape index (κ2) is 6.88. The van der Waals surface area contributed by atoms with Gasteiger partial charge in [-0.3, -0.25) is 9.59 Å². The van der Waals surface area contributed by atoms with Gasteiger partial charge in [0.05, 0.1) is 11.4 Å². The first kappa shape index (κ1) is 16.9. The van der Waals surface area contributed by atoms with Crippen LogP contribution in [-0.2, 0) is 14.8 Å². The van der Waals surface area contributed by atoms with E-state index in [0.29, 0.717) is 25.2 Å². The third-order valence-corrected chi connectivity index (χ3v) is 6.01. The third-order valence-electron chi connectivity index (χ3n) is 4.15. The molecule has 130 valence electrons. The largest absolute Gasteiger partial charge is 0.354 e. The van der Waals surface area contributed by atoms with Crippen LogP contribution in [0.3, 0.4) is 0 Å². The van der Waals surface area contributed by atoms with Gasteiger partial charge in [-0.2, -0.15) is 4.31 Å². The highest BCUT2D eigenvalue weighted by Crippen LogP contribution is 2.18. The first-order chi connectivity index (χ1) is 11.5. The fourth-order valence-corrected chi connectivity index (χ4v) is 4.19. The number of hydrogen-bond donors (Lipinski definition) is 2. The smallest absolute Gasteiger partial charge is 0.253 e. The summed E-state index contributed by atoms with van der Waals surface area (Å²) in [7, 11) is -3.72. The lowest BCUT2D eigenvalue weighted by Gasteiger charge is -2.28. The molecule has 9 heteroatoms. The van der Waals surface area contributed by atoms with Crippen LogP contribution in [0.5, 0.6) is 0 Å². The molecular formula is C15H20N4O4S. The molecule has 0 aromatic heterocycles. The number of hydrogen-bond acceptors (Lipinski definition) is 5. The van der Waals surface area contributed by atoms with Gasteiger partial charge in [0.2, 0.25) is 15.9 Å². The first-order valence-corrected chi connectivity index (χ1v) is 9.29. The second-order valence-corrected chi connectivity index (χ2v) is 7.69. The van der Waals surface area contributed by atoms with Crippen LogP contribution in [0.25, 0.3) is 0 Å². The van der Waals surface area contributed by atoms with Crippen molar-refractivity contribution in [3.05, 3.63) is 29.8 Å². The van der Waals surface area contributed by atoms with Crippen molar-refractivity contribution in [2.45, 2.75) is 4.90 Å². The number of carbonyl (C=O) groups is 2. The molecule has 0 radical (unpaired) electrons. The van der Waals surface area contributed by atoms with Crippen molar-refractivity contribution < 1.29 is 18.0 Å². The van der Waals surface area contributed by atoms with Crippen molar-refractivity contribution in [2.24, 2.45) is 0 Å². The fourth-order valence-electron chi connectivity index (χ4n) is 2.79. The molecule has 2 saturated heterocycles. The molecule has 2 heterocycles. The maximum Gasteiger partial charge on any atom is 0.253 e. The summed E-state index contributed by atoms with van der Waals surface area (Å²) in [6, 6.07) is 5.91. The van der Waals surface area contributed by atoms with Crippen LogP contribution in [0.2, 0.25) is 0 Å². The molecule has 3 rings (SSSR count). The van der Waals surface area contributed by atoms with Crippen molar-refractivity contribution in [2.75, 3.05) is 45.8 Å². The molecule has 1 aromatic rings. The molecule has 2 aliphatic rings. The van der Waals surface area contributed by atoms with Crippen molar-refractivity contribution >= 4 is 21.8 Å². The minimum atomic E-state index is -3.72. The standard InChI is InChI=1S/C15H20N4O4S/c20-14-11-19(10-7-17-14)24(22,23)13-3-1-12(2-4-13)15(21)18-8-5-16-6-9-18/h1-4,16H,5-11H2,(H,17,20). The number of sulfonamides is 1. The van der Waals surface area contributed by atoms with Gasteiger partial charge >= 0.3 is 0 Å². The summed E-state index contributed by atoms with van der Waals surface area (Å²) in [5, 5.41) is 5.77. The molecule has 0 aliphatic carbocycles. The van der Waals surface area contributed by atoms with Crippen molar-refractivity contribution in [3.8, 4) is 0 Å². The van der Waals surface area contributed by atoms with E-state index in [9.17, 15) is 18.0 Å². The van der Waals surface area contributed by atoms with E-state index in [2.05, 4.69) is 10.6 Å². The van der Waals surface area contributed by atoms with Gasteiger partial charge in [-0.05, 0) is 24.3 Å². The number of piperazine rings is 2. The lowest BCUT2D eigenvalue weighted by Crippen LogP contribution is -2.49. The van der Waals surface area contributed by atoms with E-state index in [-0.39, 0.29) is 29.8 Å². The number of carbonyl (C=O) groups excluding carboxylic acids is 2. The summed E-state index contributed by atoms with van der Waals surface area (Å²) in [4.78, 5) is 25.6. The van der Waals surface area contributed by atoms with Crippen LogP contribution in [0.15, 0.2) is 29.2 Å². The first-order valence-electron chi connectivity index (χ1n) is 7.85. The van der Waals surface area contributed by atoms with Gasteiger partial charge in [-0.1, -0.05) is 0 Å². The van der Waals surface area contributed by atoms with Gasteiger partial charge in [0.15, 0.2) is 0 Å². The fraction of sp³-hybridized carbons (Fsp3) is 0.467. The Hall–Kier alpha value is -1.97. The number of nitrogens with one attached hydrogen (secondary N) is 2. The molecule has 2 fully saturated rings. The van der Waals surface area contributed by atoms with Gasteiger partial charge in [0.1, 0.15) is 0 Å². The van der Waals surface area contributed by atoms with Crippen LogP contribution in [0.1, 0.15) is 10.4 Å². The normalized spacial score (nSPS) is 19.8. The maximum atomic E-state index is 12.6. The lowest BCUT2D eigenvalue weighted by molar-refractivity contribution is -0.122. The minimum absolute atomic E-state index is 0.0917. The Labute approximate surface area is 140 Å². The quantitative estimate of drug-likeness (QED) is 0.716. The predicted molar refractivity (Wildman–Crippen MR) is 87.0 cm³/mol. The topological polar surface area (TPSA) is 98.8 Å². The van der Waals surface area contributed by atoms with Crippen molar-refractivity contribution in [3.63, 3.8) is 0 Å². The lowest BCUT2D eigenvalue weighted by atomic mass is 10.2. The van der Waals surface area contributed by atoms with Crippen LogP contribution < -0.4 is 10.6 Å². The zero-order valence-corrected chi connectivity index (χ0v) is 14.0. The predicted octanol–water partition coefficient (Wildman–Crippen LogP) is -1.15. The molecule has 0 atom stereocenters. The Kier molecular flexibility index (Phi) is 4.83. The zero-order chi connectivity index (χ0) is 17.2. The highest BCUT2D eigenvalue weighted by molar-refractivity contribution is 7.89. The Morgan fingerprint density at radius 2 is 1.67 bits per heavy atom. The molecule has 8 nitrogen and oxygen atoms in total. The van der Waals surface area contributed by atoms with Crippen LogP contribution in [0, 0.1) is 0 Å². The number of amides is 2. The van der Waals surface area contributed by atoms with E-state index in [4.69, 9.17) is 0 Å². The van der Waals surface area contributed by atoms with Gasteiger partial charge in [0, 0.05) is 44.8 Å². The van der Waals surface area contributed by atoms with Crippen molar-refractivity contribution in [1.82, 2.24) is 19.8 Å². The summed E-state index contributed by atoms with van der Waals surface area (Å²) in [5.41, 5.74) is 0.465. The molecule has 2 N–H and O–H groups in total. The highest BCUT2D eigenvalue weighted by atomic mass is 32.2. The molecule has 1 aromatic carbocycles. The molecule has 0 saturated carbocycles. The molecule has 2 aliphatic heterocycles. The Morgan fingerprint density at radius 3 is 2.29 bits per heavy atom. The number of nitrogens with zero attached hydrogens (tertiary/aromatic N) is 2. The zero-order valence-electron chi connectivity index (χ0n) is 13.2. The molecule has 24 heavy (non-hydrogen) atoms. The van der Waals surface area contributed by atoms with Gasteiger partial charge in [-0.15, -0.1) is 0 Å². The maximum absolute atomic E-state index is 12.6. The Bertz CT molecular complexity index is 726. The molecular weight excluding hydrogens is 332 g/mol. The summed E-state index contributed by atoms with van der Waals surface area (Å²) >= 11 is 0. The van der Waals surface area contributed by atoms with Gasteiger partial charge < -0.3 is 15.5 Å². The van der Waals surface area contributed by atoms with Crippen molar-refractivity contribution in [1.29, 1.82) is 0 Å². The summed E-state index contributed by atoms with van der Waals surface area (Å²) < 4.78 is 26.3. The highest BCUT2D eigenvalue weighted by Gasteiger charge is 2.29. The second-order valence-electron chi connectivity index (χ2n) is 5.76. The van der Waals surface area contributed by atoms with Crippen LogP contribution in [0.4, 0.5) is 0 Å². The summed E-state index contributed by atoms with van der Waals surface area (Å²) in [6.07, 6.45) is 0. The average molecular weight is 352 g/mol. The molecule has 0 unspecified atom stereocenters. The van der Waals surface area contributed by atoms with E-state index in [1.807, 2.05) is 0 Å². The monoisotopic (exact) mass is 352 g/mol. The Morgan fingerprint density at radius 1 is 1.00 bits per heavy atom. The van der Waals surface area contributed by atoms with Gasteiger partial charge in [-0.25, -0.2) is 8.42 Å². The Balaban J connectivity index is 1.76. The summed E-state index contributed by atoms with van der Waals surface area (Å²) in [5.74, 6) is -0.409. The van der Waals surface area contributed by atoms with E-state index in [1.165, 1.54) is 24.3 Å². The SMILES string of the molecule is O=C1CN(S(=O)(=O)c2ccc(C(=O)N3CCNCC3)cc2)CCN1. The minimum Gasteiger partial charge on any atom is -0.354 e. The molecule has 0 spiro atoms. The summed E-state index contributed by atoms with van der Waals surface area (Å²) in [6.45, 7) is 3.17. The van der Waals surface area contributed by atoms with E-state index in [0.717, 1.165) is 17.4 Å². The number of rotatable bonds is 3. The van der Waals surface area contributed by atoms with Crippen LogP contribution >= 0.6 is 0 Å². The van der Waals surface area contributed by atoms with Gasteiger partial charge in [0.25, 0.3) is 5.91 Å². The molecule has 0 bridgehead atoms. The van der Waals surface area contributed by atoms with E-state index < -0.39 is 10.0 Å². The molecule has 2 amide bonds. The third kappa shape index (κ3) is 3.42.